The van der Waals surface area contributed by atoms with Gasteiger partial charge in [0.05, 0.1) is 11.1 Å². The Bertz CT molecular complexity index is 485. The Morgan fingerprint density at radius 3 is 2.38 bits per heavy atom. The van der Waals surface area contributed by atoms with E-state index in [9.17, 15) is 15.0 Å². The van der Waals surface area contributed by atoms with Gasteiger partial charge in [-0.3, -0.25) is 4.79 Å². The monoisotopic (exact) mass is 213 g/mol. The van der Waals surface area contributed by atoms with Crippen LogP contribution in [0, 0.1) is 6.07 Å². The number of carbonyl (C=O) groups is 1. The molecule has 0 aliphatic rings. The Hall–Kier alpha value is -2.29. The number of benzene rings is 2. The molecule has 2 aromatic carbocycles. The zero-order chi connectivity index (χ0) is 11.5. The molecule has 0 amide bonds. The molecule has 0 unspecified atom stereocenters. The lowest BCUT2D eigenvalue weighted by Crippen LogP contribution is -2.01. The molecule has 2 N–H and O–H groups in total. The van der Waals surface area contributed by atoms with Crippen molar-refractivity contribution in [2.75, 3.05) is 0 Å². The summed E-state index contributed by atoms with van der Waals surface area (Å²) < 4.78 is 0. The standard InChI is InChI=1S/C13H9O3/c14-11-7-3-1-5-9(11)13(16)10-6-2-4-8-12(10)15/h1-3,5-8,14-15H. The van der Waals surface area contributed by atoms with Gasteiger partial charge in [-0.25, -0.2) is 0 Å². The Balaban J connectivity index is 2.48. The van der Waals surface area contributed by atoms with Crippen LogP contribution in [0.3, 0.4) is 0 Å². The molecular formula is C13H9O3. The van der Waals surface area contributed by atoms with E-state index in [2.05, 4.69) is 6.07 Å². The molecule has 2 rings (SSSR count). The molecule has 3 nitrogen and oxygen atoms in total. The third-order valence-corrected chi connectivity index (χ3v) is 2.24. The van der Waals surface area contributed by atoms with Gasteiger partial charge >= 0.3 is 0 Å². The number of hydrogen-bond donors (Lipinski definition) is 2. The highest BCUT2D eigenvalue weighted by atomic mass is 16.3. The Morgan fingerprint density at radius 1 is 1.00 bits per heavy atom. The number of para-hydroxylation sites is 1. The van der Waals surface area contributed by atoms with E-state index in [1.165, 1.54) is 30.3 Å². The first-order valence-corrected chi connectivity index (χ1v) is 4.72. The van der Waals surface area contributed by atoms with Crippen molar-refractivity contribution in [2.45, 2.75) is 0 Å². The molecule has 0 spiro atoms. The van der Waals surface area contributed by atoms with Gasteiger partial charge in [-0.15, -0.1) is 0 Å². The molecule has 0 aliphatic heterocycles. The van der Waals surface area contributed by atoms with Gasteiger partial charge in [0.15, 0.2) is 5.78 Å². The first kappa shape index (κ1) is 10.2. The molecule has 0 aromatic heterocycles. The predicted molar refractivity (Wildman–Crippen MR) is 58.5 cm³/mol. The highest BCUT2D eigenvalue weighted by molar-refractivity contribution is 6.12. The molecule has 0 fully saturated rings. The largest absolute Gasteiger partial charge is 0.507 e. The first-order chi connectivity index (χ1) is 7.70. The average Bonchev–Trinajstić information content (AvgIpc) is 2.29. The quantitative estimate of drug-likeness (QED) is 0.751. The third-order valence-electron chi connectivity index (χ3n) is 2.24. The minimum Gasteiger partial charge on any atom is -0.507 e. The van der Waals surface area contributed by atoms with Crippen molar-refractivity contribution < 1.29 is 15.0 Å². The summed E-state index contributed by atoms with van der Waals surface area (Å²) in [5.41, 5.74) is 0.323. The topological polar surface area (TPSA) is 57.5 Å². The van der Waals surface area contributed by atoms with Crippen LogP contribution < -0.4 is 0 Å². The van der Waals surface area contributed by atoms with Gasteiger partial charge in [0.25, 0.3) is 0 Å². The molecular weight excluding hydrogens is 204 g/mol. The van der Waals surface area contributed by atoms with E-state index >= 15 is 0 Å². The second kappa shape index (κ2) is 4.06. The molecule has 0 atom stereocenters. The Labute approximate surface area is 92.6 Å². The summed E-state index contributed by atoms with van der Waals surface area (Å²) in [5.74, 6) is -0.653. The van der Waals surface area contributed by atoms with E-state index in [1.54, 1.807) is 12.1 Å². The normalized spacial score (nSPS) is 10.0. The van der Waals surface area contributed by atoms with E-state index in [4.69, 9.17) is 0 Å². The summed E-state index contributed by atoms with van der Waals surface area (Å²) in [6.45, 7) is 0. The summed E-state index contributed by atoms with van der Waals surface area (Å²) in [6.07, 6.45) is 0. The zero-order valence-electron chi connectivity index (χ0n) is 8.34. The van der Waals surface area contributed by atoms with Crippen LogP contribution in [-0.2, 0) is 0 Å². The van der Waals surface area contributed by atoms with Gasteiger partial charge in [-0.05, 0) is 30.3 Å². The van der Waals surface area contributed by atoms with Crippen molar-refractivity contribution in [3.05, 3.63) is 59.7 Å². The lowest BCUT2D eigenvalue weighted by atomic mass is 10.0. The second-order valence-corrected chi connectivity index (χ2v) is 3.29. The maximum absolute atomic E-state index is 12.0. The van der Waals surface area contributed by atoms with E-state index in [-0.39, 0.29) is 22.6 Å². The summed E-state index contributed by atoms with van der Waals surface area (Å²) in [7, 11) is 0. The summed E-state index contributed by atoms with van der Waals surface area (Å²) in [6, 6.07) is 13.2. The number of ketones is 1. The smallest absolute Gasteiger partial charge is 0.200 e. The number of aromatic hydroxyl groups is 2. The number of hydrogen-bond acceptors (Lipinski definition) is 3. The maximum Gasteiger partial charge on any atom is 0.200 e. The van der Waals surface area contributed by atoms with Crippen molar-refractivity contribution in [2.24, 2.45) is 0 Å². The summed E-state index contributed by atoms with van der Waals surface area (Å²) in [4.78, 5) is 12.0. The van der Waals surface area contributed by atoms with Crippen molar-refractivity contribution in [3.8, 4) is 11.5 Å². The van der Waals surface area contributed by atoms with Crippen LogP contribution >= 0.6 is 0 Å². The van der Waals surface area contributed by atoms with Crippen molar-refractivity contribution >= 4 is 5.78 Å². The van der Waals surface area contributed by atoms with Gasteiger partial charge in [0.1, 0.15) is 11.5 Å². The van der Waals surface area contributed by atoms with E-state index in [0.29, 0.717) is 0 Å². The van der Waals surface area contributed by atoms with Crippen LogP contribution in [0.25, 0.3) is 0 Å². The molecule has 2 aromatic rings. The van der Waals surface area contributed by atoms with E-state index in [0.717, 1.165) is 0 Å². The fraction of sp³-hybridized carbons (Fsp3) is 0. The van der Waals surface area contributed by atoms with Crippen LogP contribution in [0.2, 0.25) is 0 Å². The van der Waals surface area contributed by atoms with E-state index in [1.807, 2.05) is 0 Å². The molecule has 0 bridgehead atoms. The van der Waals surface area contributed by atoms with Gasteiger partial charge in [0, 0.05) is 0 Å². The molecule has 0 saturated heterocycles. The minimum atomic E-state index is -0.412. The van der Waals surface area contributed by atoms with Crippen LogP contribution in [0.1, 0.15) is 15.9 Å². The van der Waals surface area contributed by atoms with Crippen LogP contribution in [0.5, 0.6) is 11.5 Å². The zero-order valence-corrected chi connectivity index (χ0v) is 8.34. The highest BCUT2D eigenvalue weighted by Gasteiger charge is 2.15. The van der Waals surface area contributed by atoms with Crippen LogP contribution in [-0.4, -0.2) is 16.0 Å². The van der Waals surface area contributed by atoms with Crippen molar-refractivity contribution in [1.29, 1.82) is 0 Å². The third kappa shape index (κ3) is 1.75. The van der Waals surface area contributed by atoms with Crippen molar-refractivity contribution in [1.82, 2.24) is 0 Å². The number of rotatable bonds is 2. The second-order valence-electron chi connectivity index (χ2n) is 3.29. The number of phenolic OH excluding ortho intramolecular Hbond substituents is 2. The minimum absolute atomic E-state index is 0.0975. The van der Waals surface area contributed by atoms with Gasteiger partial charge in [0.2, 0.25) is 0 Å². The summed E-state index contributed by atoms with van der Waals surface area (Å²) in [5, 5.41) is 19.0. The van der Waals surface area contributed by atoms with Gasteiger partial charge in [-0.2, -0.15) is 0 Å². The number of phenols is 2. The molecule has 0 aliphatic carbocycles. The average molecular weight is 213 g/mol. The Kier molecular flexibility index (Phi) is 2.60. The van der Waals surface area contributed by atoms with Crippen LogP contribution in [0.15, 0.2) is 42.5 Å². The fourth-order valence-corrected chi connectivity index (χ4v) is 1.42. The lowest BCUT2D eigenvalue weighted by molar-refractivity contribution is 0.103. The molecule has 79 valence electrons. The Morgan fingerprint density at radius 2 is 1.69 bits per heavy atom. The SMILES string of the molecule is O=C(c1cc[c]cc1O)c1ccccc1O. The van der Waals surface area contributed by atoms with Crippen molar-refractivity contribution in [3.63, 3.8) is 0 Å². The molecule has 16 heavy (non-hydrogen) atoms. The molecule has 0 heterocycles. The van der Waals surface area contributed by atoms with E-state index < -0.39 is 5.78 Å². The van der Waals surface area contributed by atoms with Crippen LogP contribution in [0.4, 0.5) is 0 Å². The molecule has 3 heteroatoms. The maximum atomic E-state index is 12.0. The van der Waals surface area contributed by atoms with Gasteiger partial charge < -0.3 is 10.2 Å². The summed E-state index contributed by atoms with van der Waals surface area (Å²) >= 11 is 0. The van der Waals surface area contributed by atoms with Gasteiger partial charge in [-0.1, -0.05) is 18.2 Å². The lowest BCUT2D eigenvalue weighted by Gasteiger charge is -2.04. The first-order valence-electron chi connectivity index (χ1n) is 4.72. The molecule has 0 saturated carbocycles. The number of carbonyl (C=O) groups excluding carboxylic acids is 1. The fourth-order valence-electron chi connectivity index (χ4n) is 1.42. The highest BCUT2D eigenvalue weighted by Crippen LogP contribution is 2.24. The molecule has 1 radical (unpaired) electrons. The predicted octanol–water partition coefficient (Wildman–Crippen LogP) is 2.13.